The van der Waals surface area contributed by atoms with Gasteiger partial charge in [0.1, 0.15) is 0 Å². The molecular weight excluding hydrogens is 234 g/mol. The van der Waals surface area contributed by atoms with E-state index in [2.05, 4.69) is 11.9 Å². The number of ketones is 1. The standard InChI is InChI=1S/C13H17NO2S/c1-4-9(3)12(16)13-11(5-2)10(7-17-13)6-14-8-15/h4,7-9H,1,5-6H2,2-3H3,(H,14,15). The first kappa shape index (κ1) is 13.6. The smallest absolute Gasteiger partial charge is 0.207 e. The van der Waals surface area contributed by atoms with Crippen molar-refractivity contribution in [3.8, 4) is 0 Å². The number of carbonyl (C=O) groups excluding carboxylic acids is 2. The first-order chi connectivity index (χ1) is 8.15. The Balaban J connectivity index is 3.00. The molecule has 0 aromatic carbocycles. The van der Waals surface area contributed by atoms with Gasteiger partial charge in [-0.1, -0.05) is 19.9 Å². The summed E-state index contributed by atoms with van der Waals surface area (Å²) in [6.45, 7) is 7.99. The monoisotopic (exact) mass is 251 g/mol. The van der Waals surface area contributed by atoms with Crippen molar-refractivity contribution in [2.45, 2.75) is 26.8 Å². The van der Waals surface area contributed by atoms with Gasteiger partial charge in [0.05, 0.1) is 4.88 Å². The molecule has 0 radical (unpaired) electrons. The summed E-state index contributed by atoms with van der Waals surface area (Å²) in [6, 6.07) is 0. The molecule has 1 amide bonds. The number of nitrogens with one attached hydrogen (secondary N) is 1. The minimum atomic E-state index is -0.161. The molecule has 0 saturated carbocycles. The van der Waals surface area contributed by atoms with Crippen LogP contribution in [0.3, 0.4) is 0 Å². The van der Waals surface area contributed by atoms with Crippen molar-refractivity contribution >= 4 is 23.5 Å². The summed E-state index contributed by atoms with van der Waals surface area (Å²) in [5.74, 6) is -0.0509. The van der Waals surface area contributed by atoms with E-state index in [9.17, 15) is 9.59 Å². The van der Waals surface area contributed by atoms with Crippen LogP contribution in [0.4, 0.5) is 0 Å². The van der Waals surface area contributed by atoms with Crippen LogP contribution in [0.5, 0.6) is 0 Å². The Hall–Kier alpha value is -1.42. The van der Waals surface area contributed by atoms with Crippen molar-refractivity contribution in [2.75, 3.05) is 0 Å². The number of hydrogen-bond donors (Lipinski definition) is 1. The molecule has 92 valence electrons. The third kappa shape index (κ3) is 3.03. The molecule has 0 spiro atoms. The average molecular weight is 251 g/mol. The highest BCUT2D eigenvalue weighted by molar-refractivity contribution is 7.12. The number of thiophene rings is 1. The lowest BCUT2D eigenvalue weighted by molar-refractivity contribution is -0.109. The fourth-order valence-corrected chi connectivity index (χ4v) is 2.83. The maximum Gasteiger partial charge on any atom is 0.207 e. The van der Waals surface area contributed by atoms with E-state index in [0.29, 0.717) is 13.0 Å². The normalized spacial score (nSPS) is 11.9. The summed E-state index contributed by atoms with van der Waals surface area (Å²) in [5, 5.41) is 4.57. The minimum Gasteiger partial charge on any atom is -0.355 e. The van der Waals surface area contributed by atoms with E-state index in [1.54, 1.807) is 6.08 Å². The molecule has 1 N–H and O–H groups in total. The summed E-state index contributed by atoms with van der Waals surface area (Å²) in [7, 11) is 0. The van der Waals surface area contributed by atoms with Crippen molar-refractivity contribution in [1.82, 2.24) is 5.32 Å². The van der Waals surface area contributed by atoms with Gasteiger partial charge >= 0.3 is 0 Å². The SMILES string of the molecule is C=CC(C)C(=O)c1scc(CNC=O)c1CC. The maximum atomic E-state index is 12.1. The van der Waals surface area contributed by atoms with Gasteiger partial charge in [0.25, 0.3) is 0 Å². The van der Waals surface area contributed by atoms with Crippen LogP contribution in [0.15, 0.2) is 18.0 Å². The van der Waals surface area contributed by atoms with E-state index in [-0.39, 0.29) is 11.7 Å². The van der Waals surface area contributed by atoms with Gasteiger partial charge in [-0.3, -0.25) is 9.59 Å². The summed E-state index contributed by atoms with van der Waals surface area (Å²) in [5.41, 5.74) is 2.08. The van der Waals surface area contributed by atoms with Gasteiger partial charge in [-0.05, 0) is 22.9 Å². The topological polar surface area (TPSA) is 46.2 Å². The molecule has 1 unspecified atom stereocenters. The van der Waals surface area contributed by atoms with Gasteiger partial charge in [-0.15, -0.1) is 17.9 Å². The molecule has 1 rings (SSSR count). The van der Waals surface area contributed by atoms with Gasteiger partial charge in [0.2, 0.25) is 6.41 Å². The zero-order valence-electron chi connectivity index (χ0n) is 10.2. The van der Waals surface area contributed by atoms with E-state index < -0.39 is 0 Å². The van der Waals surface area contributed by atoms with Gasteiger partial charge in [0.15, 0.2) is 5.78 Å². The number of amides is 1. The number of rotatable bonds is 7. The van der Waals surface area contributed by atoms with Crippen LogP contribution >= 0.6 is 11.3 Å². The molecular formula is C13H17NO2S. The molecule has 1 aromatic rings. The van der Waals surface area contributed by atoms with Gasteiger partial charge in [-0.25, -0.2) is 0 Å². The lowest BCUT2D eigenvalue weighted by Crippen LogP contribution is -2.12. The number of allylic oxidation sites excluding steroid dienone is 1. The molecule has 0 bridgehead atoms. The summed E-state index contributed by atoms with van der Waals surface area (Å²) >= 11 is 1.45. The largest absolute Gasteiger partial charge is 0.355 e. The first-order valence-corrected chi connectivity index (χ1v) is 6.46. The molecule has 0 aliphatic carbocycles. The van der Waals surface area contributed by atoms with Gasteiger partial charge in [-0.2, -0.15) is 0 Å². The molecule has 0 aliphatic heterocycles. The molecule has 17 heavy (non-hydrogen) atoms. The second kappa shape index (κ2) is 6.35. The number of carbonyl (C=O) groups is 2. The van der Waals surface area contributed by atoms with Gasteiger partial charge in [0, 0.05) is 12.5 Å². The van der Waals surface area contributed by atoms with Crippen LogP contribution in [-0.4, -0.2) is 12.2 Å². The van der Waals surface area contributed by atoms with E-state index >= 15 is 0 Å². The summed E-state index contributed by atoms with van der Waals surface area (Å²) in [4.78, 5) is 23.2. The van der Waals surface area contributed by atoms with Crippen molar-refractivity contribution in [3.63, 3.8) is 0 Å². The summed E-state index contributed by atoms with van der Waals surface area (Å²) < 4.78 is 0. The second-order valence-electron chi connectivity index (χ2n) is 3.81. The second-order valence-corrected chi connectivity index (χ2v) is 4.69. The minimum absolute atomic E-state index is 0.110. The highest BCUT2D eigenvalue weighted by Gasteiger charge is 2.19. The molecule has 3 nitrogen and oxygen atoms in total. The van der Waals surface area contributed by atoms with E-state index in [1.807, 2.05) is 19.2 Å². The first-order valence-electron chi connectivity index (χ1n) is 5.58. The lowest BCUT2D eigenvalue weighted by Gasteiger charge is -2.07. The van der Waals surface area contributed by atoms with Crippen molar-refractivity contribution in [3.05, 3.63) is 34.0 Å². The molecule has 0 fully saturated rings. The Morgan fingerprint density at radius 1 is 1.65 bits per heavy atom. The fraction of sp³-hybridized carbons (Fsp3) is 0.385. The Bertz CT molecular complexity index is 423. The highest BCUT2D eigenvalue weighted by atomic mass is 32.1. The molecule has 0 saturated heterocycles. The van der Waals surface area contributed by atoms with Crippen LogP contribution in [0.2, 0.25) is 0 Å². The van der Waals surface area contributed by atoms with Crippen LogP contribution in [0.25, 0.3) is 0 Å². The predicted molar refractivity (Wildman–Crippen MR) is 70.3 cm³/mol. The molecule has 1 heterocycles. The fourth-order valence-electron chi connectivity index (χ4n) is 1.63. The van der Waals surface area contributed by atoms with Crippen molar-refractivity contribution in [2.24, 2.45) is 5.92 Å². The quantitative estimate of drug-likeness (QED) is 0.460. The van der Waals surface area contributed by atoms with Crippen LogP contribution in [-0.2, 0) is 17.8 Å². The van der Waals surface area contributed by atoms with Crippen LogP contribution in [0, 0.1) is 5.92 Å². The van der Waals surface area contributed by atoms with E-state index in [0.717, 1.165) is 22.4 Å². The molecule has 0 aliphatic rings. The van der Waals surface area contributed by atoms with Crippen molar-refractivity contribution in [1.29, 1.82) is 0 Å². The predicted octanol–water partition coefficient (Wildman–Crippen LogP) is 2.56. The Morgan fingerprint density at radius 2 is 2.35 bits per heavy atom. The van der Waals surface area contributed by atoms with Crippen LogP contribution in [0.1, 0.15) is 34.6 Å². The number of Topliss-reactive ketones (excluding diaryl/α,β-unsaturated/α-hetero) is 1. The zero-order chi connectivity index (χ0) is 12.8. The lowest BCUT2D eigenvalue weighted by atomic mass is 9.99. The molecule has 4 heteroatoms. The van der Waals surface area contributed by atoms with Gasteiger partial charge < -0.3 is 5.32 Å². The molecule has 1 aromatic heterocycles. The highest BCUT2D eigenvalue weighted by Crippen LogP contribution is 2.26. The Kier molecular flexibility index (Phi) is 5.10. The van der Waals surface area contributed by atoms with E-state index in [1.165, 1.54) is 11.3 Å². The molecule has 1 atom stereocenters. The maximum absolute atomic E-state index is 12.1. The Labute approximate surface area is 106 Å². The third-order valence-electron chi connectivity index (χ3n) is 2.70. The Morgan fingerprint density at radius 3 is 2.88 bits per heavy atom. The number of hydrogen-bond acceptors (Lipinski definition) is 3. The van der Waals surface area contributed by atoms with Crippen molar-refractivity contribution < 1.29 is 9.59 Å². The van der Waals surface area contributed by atoms with Crippen LogP contribution < -0.4 is 5.32 Å². The average Bonchev–Trinajstić information content (AvgIpc) is 2.76. The summed E-state index contributed by atoms with van der Waals surface area (Å²) in [6.07, 6.45) is 3.13. The van der Waals surface area contributed by atoms with E-state index in [4.69, 9.17) is 0 Å². The third-order valence-corrected chi connectivity index (χ3v) is 3.79. The zero-order valence-corrected chi connectivity index (χ0v) is 11.0.